The van der Waals surface area contributed by atoms with Gasteiger partial charge in [0, 0.05) is 10.9 Å². The lowest BCUT2D eigenvalue weighted by molar-refractivity contribution is 1.12. The Kier molecular flexibility index (Phi) is 2.45. The lowest BCUT2D eigenvalue weighted by Crippen LogP contribution is -1.87. The lowest BCUT2D eigenvalue weighted by atomic mass is 10.1. The van der Waals surface area contributed by atoms with Crippen LogP contribution in [-0.2, 0) is 0 Å². The molecule has 0 radical (unpaired) electrons. The van der Waals surface area contributed by atoms with Gasteiger partial charge < -0.3 is 0 Å². The molecule has 0 aliphatic rings. The minimum absolute atomic E-state index is 1.02. The van der Waals surface area contributed by atoms with Crippen molar-refractivity contribution in [2.24, 2.45) is 0 Å². The molecule has 17 heavy (non-hydrogen) atoms. The third-order valence-electron chi connectivity index (χ3n) is 2.91. The molecule has 0 spiro atoms. The summed E-state index contributed by atoms with van der Waals surface area (Å²) in [6, 6.07) is 14.7. The highest BCUT2D eigenvalue weighted by molar-refractivity contribution is 7.27. The lowest BCUT2D eigenvalue weighted by Gasteiger charge is -1.99. The Hall–Kier alpha value is -1.66. The Morgan fingerprint density at radius 2 is 1.82 bits per heavy atom. The molecule has 3 aromatic rings. The highest BCUT2D eigenvalue weighted by atomic mass is 31.0. The zero-order valence-electron chi connectivity index (χ0n) is 9.57. The number of fused-ring (bicyclic) bond motifs is 1. The van der Waals surface area contributed by atoms with Crippen molar-refractivity contribution in [3.05, 3.63) is 48.0 Å². The summed E-state index contributed by atoms with van der Waals surface area (Å²) in [5.74, 6) is 0. The second-order valence-electron chi connectivity index (χ2n) is 4.24. The van der Waals surface area contributed by atoms with Crippen LogP contribution in [0.3, 0.4) is 0 Å². The number of H-pyrrole nitrogens is 1. The molecule has 0 aliphatic heterocycles. The van der Waals surface area contributed by atoms with Crippen molar-refractivity contribution in [3.8, 4) is 11.3 Å². The van der Waals surface area contributed by atoms with Gasteiger partial charge in [0.2, 0.25) is 0 Å². The molecule has 1 unspecified atom stereocenters. The van der Waals surface area contributed by atoms with E-state index in [0.29, 0.717) is 0 Å². The molecule has 0 fully saturated rings. The maximum absolute atomic E-state index is 4.40. The van der Waals surface area contributed by atoms with Crippen molar-refractivity contribution in [2.75, 3.05) is 0 Å². The van der Waals surface area contributed by atoms with Crippen molar-refractivity contribution in [1.82, 2.24) is 10.2 Å². The van der Waals surface area contributed by atoms with Crippen LogP contribution in [-0.4, -0.2) is 10.2 Å². The molecule has 1 atom stereocenters. The van der Waals surface area contributed by atoms with E-state index in [1.54, 1.807) is 0 Å². The predicted molar refractivity (Wildman–Crippen MR) is 75.6 cm³/mol. The maximum Gasteiger partial charge on any atom is 0.0999 e. The van der Waals surface area contributed by atoms with Crippen molar-refractivity contribution < 1.29 is 0 Å². The number of aromatic amines is 1. The highest BCUT2D eigenvalue weighted by Gasteiger charge is 2.07. The van der Waals surface area contributed by atoms with Crippen LogP contribution in [0.4, 0.5) is 0 Å². The van der Waals surface area contributed by atoms with Gasteiger partial charge in [0.05, 0.1) is 11.2 Å². The van der Waals surface area contributed by atoms with Gasteiger partial charge in [-0.2, -0.15) is 5.10 Å². The minimum atomic E-state index is 1.02. The number of hydrogen-bond donors (Lipinski definition) is 1. The first kappa shape index (κ1) is 10.5. The summed E-state index contributed by atoms with van der Waals surface area (Å²) in [6.07, 6.45) is 0. The van der Waals surface area contributed by atoms with E-state index in [2.05, 4.69) is 68.8 Å². The van der Waals surface area contributed by atoms with Crippen molar-refractivity contribution in [1.29, 1.82) is 0 Å². The average molecular weight is 240 g/mol. The summed E-state index contributed by atoms with van der Waals surface area (Å²) >= 11 is 0. The van der Waals surface area contributed by atoms with Crippen LogP contribution < -0.4 is 5.30 Å². The maximum atomic E-state index is 4.40. The number of nitrogens with zero attached hydrogens (tertiary/aromatic N) is 1. The van der Waals surface area contributed by atoms with Gasteiger partial charge in [0.15, 0.2) is 0 Å². The van der Waals surface area contributed by atoms with Crippen LogP contribution in [0.25, 0.3) is 22.2 Å². The topological polar surface area (TPSA) is 28.7 Å². The summed E-state index contributed by atoms with van der Waals surface area (Å²) in [5.41, 5.74) is 4.51. The van der Waals surface area contributed by atoms with Gasteiger partial charge in [0.25, 0.3) is 0 Å². The Labute approximate surface area is 102 Å². The number of rotatable bonds is 1. The zero-order chi connectivity index (χ0) is 11.8. The average Bonchev–Trinajstić information content (AvgIpc) is 2.73. The largest absolute Gasteiger partial charge is 0.277 e. The van der Waals surface area contributed by atoms with Crippen LogP contribution in [0.5, 0.6) is 0 Å². The summed E-state index contributed by atoms with van der Waals surface area (Å²) < 4.78 is 0. The number of hydrogen-bond acceptors (Lipinski definition) is 1. The normalized spacial score (nSPS) is 10.9. The van der Waals surface area contributed by atoms with Crippen molar-refractivity contribution in [2.45, 2.75) is 6.92 Å². The second-order valence-corrected chi connectivity index (χ2v) is 4.91. The Balaban J connectivity index is 2.21. The monoisotopic (exact) mass is 240 g/mol. The molecule has 1 heterocycles. The molecule has 3 rings (SSSR count). The SMILES string of the molecule is Cc1ccc(-c2n[nH]c3cc(P)ccc23)cc1. The Morgan fingerprint density at radius 3 is 2.59 bits per heavy atom. The molecule has 1 aromatic heterocycles. The fraction of sp³-hybridized carbons (Fsp3) is 0.0714. The van der Waals surface area contributed by atoms with Gasteiger partial charge in [-0.1, -0.05) is 35.9 Å². The molecule has 1 N–H and O–H groups in total. The summed E-state index contributed by atoms with van der Waals surface area (Å²) in [7, 11) is 2.70. The van der Waals surface area contributed by atoms with E-state index in [0.717, 1.165) is 22.1 Å². The standard InChI is InChI=1S/C14H13N2P/c1-9-2-4-10(5-3-9)14-12-7-6-11(17)8-13(12)15-16-14/h2-8H,17H2,1H3,(H,15,16). The van der Waals surface area contributed by atoms with Gasteiger partial charge >= 0.3 is 0 Å². The molecular formula is C14H13N2P. The van der Waals surface area contributed by atoms with E-state index in [1.807, 2.05) is 0 Å². The molecule has 2 aromatic carbocycles. The predicted octanol–water partition coefficient (Wildman–Crippen LogP) is 3.04. The van der Waals surface area contributed by atoms with Gasteiger partial charge in [-0.05, 0) is 24.4 Å². The fourth-order valence-electron chi connectivity index (χ4n) is 1.97. The number of aryl methyl sites for hydroxylation is 1. The van der Waals surface area contributed by atoms with E-state index < -0.39 is 0 Å². The first-order chi connectivity index (χ1) is 8.24. The number of benzene rings is 2. The summed E-state index contributed by atoms with van der Waals surface area (Å²) in [6.45, 7) is 2.09. The first-order valence-corrected chi connectivity index (χ1v) is 6.12. The molecule has 0 aliphatic carbocycles. The molecule has 0 bridgehead atoms. The number of nitrogens with one attached hydrogen (secondary N) is 1. The smallest absolute Gasteiger partial charge is 0.0999 e. The third-order valence-corrected chi connectivity index (χ3v) is 3.27. The van der Waals surface area contributed by atoms with Crippen LogP contribution >= 0.6 is 9.24 Å². The zero-order valence-corrected chi connectivity index (χ0v) is 10.7. The molecule has 2 nitrogen and oxygen atoms in total. The highest BCUT2D eigenvalue weighted by Crippen LogP contribution is 2.25. The Morgan fingerprint density at radius 1 is 1.06 bits per heavy atom. The van der Waals surface area contributed by atoms with Gasteiger partial charge in [-0.25, -0.2) is 0 Å². The molecule has 84 valence electrons. The molecule has 0 saturated heterocycles. The Bertz CT molecular complexity index is 668. The molecule has 3 heteroatoms. The van der Waals surface area contributed by atoms with Crippen LogP contribution in [0.15, 0.2) is 42.5 Å². The fourth-order valence-corrected chi connectivity index (χ4v) is 2.23. The minimum Gasteiger partial charge on any atom is -0.277 e. The van der Waals surface area contributed by atoms with E-state index in [9.17, 15) is 0 Å². The molecule has 0 saturated carbocycles. The van der Waals surface area contributed by atoms with Gasteiger partial charge in [0.1, 0.15) is 0 Å². The summed E-state index contributed by atoms with van der Waals surface area (Å²) in [4.78, 5) is 0. The van der Waals surface area contributed by atoms with E-state index in [-0.39, 0.29) is 0 Å². The first-order valence-electron chi connectivity index (χ1n) is 5.55. The van der Waals surface area contributed by atoms with Crippen LogP contribution in [0, 0.1) is 6.92 Å². The van der Waals surface area contributed by atoms with Gasteiger partial charge in [-0.3, -0.25) is 5.10 Å². The second kappa shape index (κ2) is 3.97. The van der Waals surface area contributed by atoms with Crippen molar-refractivity contribution >= 4 is 25.4 Å². The van der Waals surface area contributed by atoms with E-state index in [1.165, 1.54) is 10.9 Å². The number of aromatic nitrogens is 2. The molecular weight excluding hydrogens is 227 g/mol. The van der Waals surface area contributed by atoms with Crippen LogP contribution in [0.1, 0.15) is 5.56 Å². The molecule has 0 amide bonds. The summed E-state index contributed by atoms with van der Waals surface area (Å²) in [5, 5.41) is 9.81. The quantitative estimate of drug-likeness (QED) is 0.651. The van der Waals surface area contributed by atoms with E-state index >= 15 is 0 Å². The van der Waals surface area contributed by atoms with Crippen LogP contribution in [0.2, 0.25) is 0 Å². The van der Waals surface area contributed by atoms with Crippen molar-refractivity contribution in [3.63, 3.8) is 0 Å². The third kappa shape index (κ3) is 1.85. The van der Waals surface area contributed by atoms with Gasteiger partial charge in [-0.15, -0.1) is 9.24 Å². The van der Waals surface area contributed by atoms with E-state index in [4.69, 9.17) is 0 Å².